The first-order valence-corrected chi connectivity index (χ1v) is 5.24. The van der Waals surface area contributed by atoms with Gasteiger partial charge in [-0.25, -0.2) is 0 Å². The SMILES string of the molecule is Clc1nc(OC2CCC2)c2cn[nH]c2n1. The number of hydrogen-bond acceptors (Lipinski definition) is 4. The number of fused-ring (bicyclic) bond motifs is 1. The zero-order valence-electron chi connectivity index (χ0n) is 7.90. The summed E-state index contributed by atoms with van der Waals surface area (Å²) in [6.07, 6.45) is 5.31. The Labute approximate surface area is 90.8 Å². The molecule has 0 unspecified atom stereocenters. The molecule has 2 aromatic heterocycles. The molecule has 1 saturated carbocycles. The van der Waals surface area contributed by atoms with E-state index in [1.807, 2.05) is 0 Å². The van der Waals surface area contributed by atoms with Crippen molar-refractivity contribution in [3.8, 4) is 5.88 Å². The summed E-state index contributed by atoms with van der Waals surface area (Å²) < 4.78 is 5.71. The van der Waals surface area contributed by atoms with Crippen molar-refractivity contribution < 1.29 is 4.74 Å². The second-order valence-electron chi connectivity index (χ2n) is 3.60. The molecule has 15 heavy (non-hydrogen) atoms. The van der Waals surface area contributed by atoms with Crippen LogP contribution in [-0.2, 0) is 0 Å². The monoisotopic (exact) mass is 224 g/mol. The van der Waals surface area contributed by atoms with Crippen LogP contribution in [0, 0.1) is 0 Å². The van der Waals surface area contributed by atoms with Crippen molar-refractivity contribution in [1.29, 1.82) is 0 Å². The molecule has 0 bridgehead atoms. The fraction of sp³-hybridized carbons (Fsp3) is 0.444. The van der Waals surface area contributed by atoms with Gasteiger partial charge in [-0.05, 0) is 30.9 Å². The summed E-state index contributed by atoms with van der Waals surface area (Å²) in [5.41, 5.74) is 0.615. The predicted octanol–water partition coefficient (Wildman–Crippen LogP) is 1.94. The molecule has 3 rings (SSSR count). The first kappa shape index (κ1) is 8.91. The highest BCUT2D eigenvalue weighted by Crippen LogP contribution is 2.28. The molecule has 0 radical (unpaired) electrons. The van der Waals surface area contributed by atoms with Crippen LogP contribution in [-0.4, -0.2) is 26.3 Å². The van der Waals surface area contributed by atoms with Crippen molar-refractivity contribution in [3.63, 3.8) is 0 Å². The van der Waals surface area contributed by atoms with Gasteiger partial charge in [0.15, 0.2) is 5.65 Å². The minimum atomic E-state index is 0.182. The van der Waals surface area contributed by atoms with Crippen LogP contribution in [0.4, 0.5) is 0 Å². The van der Waals surface area contributed by atoms with Gasteiger partial charge in [-0.3, -0.25) is 5.10 Å². The number of aromatic nitrogens is 4. The third kappa shape index (κ3) is 1.52. The number of H-pyrrole nitrogens is 1. The number of halogens is 1. The zero-order chi connectivity index (χ0) is 10.3. The standard InChI is InChI=1S/C9H9ClN4O/c10-9-12-7-6(4-11-14-7)8(13-9)15-5-2-1-3-5/h4-5H,1-3H2,(H,11,12,13,14). The third-order valence-corrected chi connectivity index (χ3v) is 2.75. The molecular formula is C9H9ClN4O. The molecule has 1 N–H and O–H groups in total. The maximum atomic E-state index is 5.78. The van der Waals surface area contributed by atoms with Crippen LogP contribution in [0.2, 0.25) is 5.28 Å². The molecule has 0 amide bonds. The Balaban J connectivity index is 2.02. The van der Waals surface area contributed by atoms with Crippen molar-refractivity contribution in [1.82, 2.24) is 20.2 Å². The van der Waals surface area contributed by atoms with E-state index in [4.69, 9.17) is 16.3 Å². The van der Waals surface area contributed by atoms with Crippen LogP contribution in [0.3, 0.4) is 0 Å². The van der Waals surface area contributed by atoms with Gasteiger partial charge in [0.05, 0.1) is 6.20 Å². The Kier molecular flexibility index (Phi) is 1.98. The third-order valence-electron chi connectivity index (χ3n) is 2.58. The summed E-state index contributed by atoms with van der Waals surface area (Å²) in [7, 11) is 0. The molecule has 1 fully saturated rings. The van der Waals surface area contributed by atoms with Gasteiger partial charge in [-0.15, -0.1) is 0 Å². The van der Waals surface area contributed by atoms with E-state index in [1.165, 1.54) is 6.42 Å². The molecule has 1 aliphatic carbocycles. The zero-order valence-corrected chi connectivity index (χ0v) is 8.66. The van der Waals surface area contributed by atoms with E-state index in [9.17, 15) is 0 Å². The maximum absolute atomic E-state index is 5.78. The topological polar surface area (TPSA) is 63.7 Å². The van der Waals surface area contributed by atoms with Gasteiger partial charge < -0.3 is 4.74 Å². The molecule has 2 aromatic rings. The summed E-state index contributed by atoms with van der Waals surface area (Å²) in [5, 5.41) is 7.60. The van der Waals surface area contributed by atoms with E-state index in [2.05, 4.69) is 20.2 Å². The lowest BCUT2D eigenvalue weighted by Gasteiger charge is -2.25. The van der Waals surface area contributed by atoms with Gasteiger partial charge in [0.1, 0.15) is 11.5 Å². The Hall–Kier alpha value is -1.36. The molecule has 6 heteroatoms. The van der Waals surface area contributed by atoms with Crippen LogP contribution in [0.5, 0.6) is 5.88 Å². The van der Waals surface area contributed by atoms with Crippen LogP contribution in [0.25, 0.3) is 11.0 Å². The molecule has 0 aromatic carbocycles. The Morgan fingerprint density at radius 1 is 1.40 bits per heavy atom. The van der Waals surface area contributed by atoms with Crippen LogP contribution in [0.1, 0.15) is 19.3 Å². The largest absolute Gasteiger partial charge is 0.474 e. The Bertz CT molecular complexity index is 494. The molecule has 0 aliphatic heterocycles. The number of nitrogens with zero attached hydrogens (tertiary/aromatic N) is 3. The van der Waals surface area contributed by atoms with E-state index >= 15 is 0 Å². The lowest BCUT2D eigenvalue weighted by atomic mass is 9.96. The summed E-state index contributed by atoms with van der Waals surface area (Å²) in [5.74, 6) is 0.531. The number of aromatic amines is 1. The molecule has 0 saturated heterocycles. The summed E-state index contributed by atoms with van der Waals surface area (Å²) in [6.45, 7) is 0. The number of hydrogen-bond donors (Lipinski definition) is 1. The summed E-state index contributed by atoms with van der Waals surface area (Å²) in [4.78, 5) is 8.07. The average molecular weight is 225 g/mol. The van der Waals surface area contributed by atoms with E-state index in [-0.39, 0.29) is 11.4 Å². The maximum Gasteiger partial charge on any atom is 0.229 e. The summed E-state index contributed by atoms with van der Waals surface area (Å²) >= 11 is 5.78. The summed E-state index contributed by atoms with van der Waals surface area (Å²) in [6, 6.07) is 0. The first-order valence-electron chi connectivity index (χ1n) is 4.86. The molecular weight excluding hydrogens is 216 g/mol. The quantitative estimate of drug-likeness (QED) is 0.792. The van der Waals surface area contributed by atoms with Gasteiger partial charge in [-0.2, -0.15) is 15.1 Å². The second kappa shape index (κ2) is 3.34. The Morgan fingerprint density at radius 3 is 3.00 bits per heavy atom. The Morgan fingerprint density at radius 2 is 2.27 bits per heavy atom. The fourth-order valence-electron chi connectivity index (χ4n) is 1.52. The number of rotatable bonds is 2. The van der Waals surface area contributed by atoms with E-state index < -0.39 is 0 Å². The minimum absolute atomic E-state index is 0.182. The van der Waals surface area contributed by atoms with Crippen molar-refractivity contribution >= 4 is 22.6 Å². The molecule has 0 atom stereocenters. The van der Waals surface area contributed by atoms with Crippen molar-refractivity contribution in [2.45, 2.75) is 25.4 Å². The predicted molar refractivity (Wildman–Crippen MR) is 55.0 cm³/mol. The molecule has 78 valence electrons. The lowest BCUT2D eigenvalue weighted by molar-refractivity contribution is 0.116. The molecule has 0 spiro atoms. The highest BCUT2D eigenvalue weighted by atomic mass is 35.5. The van der Waals surface area contributed by atoms with Gasteiger partial charge in [0, 0.05) is 0 Å². The smallest absolute Gasteiger partial charge is 0.229 e. The van der Waals surface area contributed by atoms with Crippen LogP contribution in [0.15, 0.2) is 6.20 Å². The second-order valence-corrected chi connectivity index (χ2v) is 3.94. The average Bonchev–Trinajstić information content (AvgIpc) is 2.58. The normalized spacial score (nSPS) is 16.6. The van der Waals surface area contributed by atoms with Gasteiger partial charge in [0.2, 0.25) is 11.2 Å². The molecule has 2 heterocycles. The highest BCUT2D eigenvalue weighted by Gasteiger charge is 2.21. The first-order chi connectivity index (χ1) is 7.33. The highest BCUT2D eigenvalue weighted by molar-refractivity contribution is 6.28. The fourth-order valence-corrected chi connectivity index (χ4v) is 1.68. The number of ether oxygens (including phenoxy) is 1. The van der Waals surface area contributed by atoms with E-state index in [1.54, 1.807) is 6.20 Å². The van der Waals surface area contributed by atoms with E-state index in [0.29, 0.717) is 11.5 Å². The molecule has 5 nitrogen and oxygen atoms in total. The lowest BCUT2D eigenvalue weighted by Crippen LogP contribution is -2.25. The van der Waals surface area contributed by atoms with Crippen molar-refractivity contribution in [2.24, 2.45) is 0 Å². The minimum Gasteiger partial charge on any atom is -0.474 e. The van der Waals surface area contributed by atoms with Gasteiger partial charge >= 0.3 is 0 Å². The van der Waals surface area contributed by atoms with E-state index in [0.717, 1.165) is 18.2 Å². The van der Waals surface area contributed by atoms with Crippen LogP contribution < -0.4 is 4.74 Å². The number of nitrogens with one attached hydrogen (secondary N) is 1. The van der Waals surface area contributed by atoms with Gasteiger partial charge in [-0.1, -0.05) is 0 Å². The van der Waals surface area contributed by atoms with Crippen LogP contribution >= 0.6 is 11.6 Å². The van der Waals surface area contributed by atoms with Gasteiger partial charge in [0.25, 0.3) is 0 Å². The molecule has 1 aliphatic rings. The van der Waals surface area contributed by atoms with Crippen molar-refractivity contribution in [3.05, 3.63) is 11.5 Å². The van der Waals surface area contributed by atoms with Crippen molar-refractivity contribution in [2.75, 3.05) is 0 Å².